The Morgan fingerprint density at radius 1 is 1.28 bits per heavy atom. The van der Waals surface area contributed by atoms with Crippen molar-refractivity contribution >= 4 is 23.2 Å². The molecule has 1 amide bonds. The van der Waals surface area contributed by atoms with Gasteiger partial charge in [-0.15, -0.1) is 0 Å². The zero-order valence-electron chi connectivity index (χ0n) is 14.5. The fourth-order valence-corrected chi connectivity index (χ4v) is 3.02. The first-order chi connectivity index (χ1) is 12.0. The van der Waals surface area contributed by atoms with Crippen LogP contribution >= 0.6 is 12.2 Å². The van der Waals surface area contributed by atoms with Crippen molar-refractivity contribution < 1.29 is 9.53 Å². The zero-order chi connectivity index (χ0) is 18.2. The van der Waals surface area contributed by atoms with E-state index in [1.54, 1.807) is 31.2 Å². The van der Waals surface area contributed by atoms with Gasteiger partial charge in [0.2, 0.25) is 0 Å². The maximum Gasteiger partial charge on any atom is 0.279 e. The molecular formula is C18H24N4O2S. The van der Waals surface area contributed by atoms with Crippen molar-refractivity contribution in [3.63, 3.8) is 0 Å². The van der Waals surface area contributed by atoms with E-state index in [-0.39, 0.29) is 5.91 Å². The van der Waals surface area contributed by atoms with E-state index >= 15 is 0 Å². The van der Waals surface area contributed by atoms with Crippen LogP contribution in [-0.2, 0) is 4.79 Å². The molecule has 25 heavy (non-hydrogen) atoms. The van der Waals surface area contributed by atoms with Gasteiger partial charge in [0, 0.05) is 6.04 Å². The average Bonchev–Trinajstić information content (AvgIpc) is 2.62. The number of hydrazine groups is 1. The highest BCUT2D eigenvalue weighted by Gasteiger charge is 2.22. The van der Waals surface area contributed by atoms with E-state index in [4.69, 9.17) is 22.2 Å². The summed E-state index contributed by atoms with van der Waals surface area (Å²) in [6.45, 7) is 3.86. The fraction of sp³-hybridized carbons (Fsp3) is 0.500. The second-order valence-electron chi connectivity index (χ2n) is 6.35. The standard InChI is InChI=1S/C18H24N4O2S/c1-12-5-3-4-6-16(12)20-18(25)22-21-17(23)13(2)24-15-9-7-14(11-19)8-10-15/h7-10,12-13,16H,3-6H2,1-2H3,(H,21,23)(H2,20,22,25)/t12-,13+,16-/m0/s1. The van der Waals surface area contributed by atoms with Crippen LogP contribution in [0, 0.1) is 17.2 Å². The lowest BCUT2D eigenvalue weighted by Gasteiger charge is -2.30. The van der Waals surface area contributed by atoms with Crippen LogP contribution in [0.4, 0.5) is 0 Å². The van der Waals surface area contributed by atoms with Gasteiger partial charge in [-0.25, -0.2) is 0 Å². The Kier molecular flexibility index (Phi) is 7.02. The van der Waals surface area contributed by atoms with Crippen molar-refractivity contribution in [2.24, 2.45) is 5.92 Å². The summed E-state index contributed by atoms with van der Waals surface area (Å²) in [6.07, 6.45) is 4.06. The molecule has 0 aliphatic heterocycles. The lowest BCUT2D eigenvalue weighted by molar-refractivity contribution is -0.127. The summed E-state index contributed by atoms with van der Waals surface area (Å²) in [5.74, 6) is 0.770. The van der Waals surface area contributed by atoms with E-state index in [1.807, 2.05) is 6.07 Å². The summed E-state index contributed by atoms with van der Waals surface area (Å²) in [6, 6.07) is 8.98. The van der Waals surface area contributed by atoms with Gasteiger partial charge in [-0.3, -0.25) is 15.6 Å². The van der Waals surface area contributed by atoms with Crippen molar-refractivity contribution in [2.45, 2.75) is 51.7 Å². The van der Waals surface area contributed by atoms with E-state index in [9.17, 15) is 4.79 Å². The fourth-order valence-electron chi connectivity index (χ4n) is 2.82. The van der Waals surface area contributed by atoms with Crippen LogP contribution in [0.25, 0.3) is 0 Å². The number of rotatable bonds is 4. The third kappa shape index (κ3) is 5.91. The van der Waals surface area contributed by atoms with Crippen molar-refractivity contribution in [3.05, 3.63) is 29.8 Å². The number of nitrogens with one attached hydrogen (secondary N) is 3. The predicted octanol–water partition coefficient (Wildman–Crippen LogP) is 2.40. The third-order valence-electron chi connectivity index (χ3n) is 4.39. The lowest BCUT2D eigenvalue weighted by Crippen LogP contribution is -2.53. The maximum absolute atomic E-state index is 12.1. The normalized spacial score (nSPS) is 20.7. The number of nitriles is 1. The predicted molar refractivity (Wildman–Crippen MR) is 99.7 cm³/mol. The van der Waals surface area contributed by atoms with Gasteiger partial charge in [0.15, 0.2) is 11.2 Å². The first kappa shape index (κ1) is 19.0. The first-order valence-corrected chi connectivity index (χ1v) is 8.93. The number of hydrogen-bond donors (Lipinski definition) is 3. The average molecular weight is 360 g/mol. The molecule has 2 rings (SSSR count). The largest absolute Gasteiger partial charge is 0.481 e. The monoisotopic (exact) mass is 360 g/mol. The molecule has 0 unspecified atom stereocenters. The highest BCUT2D eigenvalue weighted by Crippen LogP contribution is 2.23. The van der Waals surface area contributed by atoms with Gasteiger partial charge < -0.3 is 10.1 Å². The Balaban J connectivity index is 1.74. The molecule has 0 bridgehead atoms. The minimum absolute atomic E-state index is 0.329. The number of carbonyl (C=O) groups is 1. The molecule has 0 saturated heterocycles. The molecule has 0 radical (unpaired) electrons. The first-order valence-electron chi connectivity index (χ1n) is 8.52. The van der Waals surface area contributed by atoms with Gasteiger partial charge in [0.25, 0.3) is 5.91 Å². The van der Waals surface area contributed by atoms with Gasteiger partial charge in [-0.05, 0) is 62.2 Å². The smallest absolute Gasteiger partial charge is 0.279 e. The molecule has 0 spiro atoms. The molecule has 3 N–H and O–H groups in total. The molecule has 6 nitrogen and oxygen atoms in total. The Bertz CT molecular complexity index is 641. The third-order valence-corrected chi connectivity index (χ3v) is 4.61. The summed E-state index contributed by atoms with van der Waals surface area (Å²) in [4.78, 5) is 12.1. The summed E-state index contributed by atoms with van der Waals surface area (Å²) in [5, 5.41) is 12.4. The quantitative estimate of drug-likeness (QED) is 0.565. The Morgan fingerprint density at radius 3 is 2.60 bits per heavy atom. The van der Waals surface area contributed by atoms with Crippen molar-refractivity contribution in [1.29, 1.82) is 5.26 Å². The number of ether oxygens (including phenoxy) is 1. The van der Waals surface area contributed by atoms with Crippen LogP contribution in [0.3, 0.4) is 0 Å². The van der Waals surface area contributed by atoms with Crippen LogP contribution in [0.5, 0.6) is 5.75 Å². The number of nitrogens with zero attached hydrogens (tertiary/aromatic N) is 1. The molecule has 1 aliphatic rings. The molecule has 0 aromatic heterocycles. The van der Waals surface area contributed by atoms with Gasteiger partial charge in [0.1, 0.15) is 5.75 Å². The molecule has 3 atom stereocenters. The topological polar surface area (TPSA) is 86.2 Å². The molecule has 0 heterocycles. The molecule has 1 saturated carbocycles. The minimum atomic E-state index is -0.697. The van der Waals surface area contributed by atoms with E-state index in [0.29, 0.717) is 28.4 Å². The maximum atomic E-state index is 12.1. The highest BCUT2D eigenvalue weighted by atomic mass is 32.1. The molecule has 7 heteroatoms. The van der Waals surface area contributed by atoms with Crippen molar-refractivity contribution in [1.82, 2.24) is 16.2 Å². The molecule has 1 aliphatic carbocycles. The highest BCUT2D eigenvalue weighted by molar-refractivity contribution is 7.80. The lowest BCUT2D eigenvalue weighted by atomic mass is 9.86. The second kappa shape index (κ2) is 9.23. The van der Waals surface area contributed by atoms with Crippen LogP contribution in [-0.4, -0.2) is 23.2 Å². The molecular weight excluding hydrogens is 336 g/mol. The van der Waals surface area contributed by atoms with E-state index < -0.39 is 6.10 Å². The molecule has 1 aromatic carbocycles. The van der Waals surface area contributed by atoms with Crippen LogP contribution in [0.15, 0.2) is 24.3 Å². The minimum Gasteiger partial charge on any atom is -0.481 e. The van der Waals surface area contributed by atoms with Crippen LogP contribution < -0.4 is 20.9 Å². The molecule has 1 fully saturated rings. The Hall–Kier alpha value is -2.33. The van der Waals surface area contributed by atoms with E-state index in [2.05, 4.69) is 23.1 Å². The summed E-state index contributed by atoms with van der Waals surface area (Å²) < 4.78 is 5.55. The summed E-state index contributed by atoms with van der Waals surface area (Å²) in [7, 11) is 0. The van der Waals surface area contributed by atoms with Crippen LogP contribution in [0.2, 0.25) is 0 Å². The Morgan fingerprint density at radius 2 is 1.96 bits per heavy atom. The van der Waals surface area contributed by atoms with E-state index in [0.717, 1.165) is 6.42 Å². The van der Waals surface area contributed by atoms with Gasteiger partial charge in [-0.1, -0.05) is 19.8 Å². The zero-order valence-corrected chi connectivity index (χ0v) is 15.4. The molecule has 1 aromatic rings. The molecule has 134 valence electrons. The summed E-state index contributed by atoms with van der Waals surface area (Å²) in [5.41, 5.74) is 5.83. The van der Waals surface area contributed by atoms with Crippen molar-refractivity contribution in [3.8, 4) is 11.8 Å². The number of benzene rings is 1. The number of carbonyl (C=O) groups excluding carboxylic acids is 1. The van der Waals surface area contributed by atoms with Crippen molar-refractivity contribution in [2.75, 3.05) is 0 Å². The van der Waals surface area contributed by atoms with E-state index in [1.165, 1.54) is 19.3 Å². The summed E-state index contributed by atoms with van der Waals surface area (Å²) >= 11 is 5.24. The van der Waals surface area contributed by atoms with Gasteiger partial charge >= 0.3 is 0 Å². The van der Waals surface area contributed by atoms with Gasteiger partial charge in [-0.2, -0.15) is 5.26 Å². The number of thiocarbonyl (C=S) groups is 1. The second-order valence-corrected chi connectivity index (χ2v) is 6.76. The number of amides is 1. The van der Waals surface area contributed by atoms with Crippen LogP contribution in [0.1, 0.15) is 45.1 Å². The SMILES string of the molecule is C[C@@H](Oc1ccc(C#N)cc1)C(=O)NNC(=S)N[C@H]1CCCC[C@@H]1C. The van der Waals surface area contributed by atoms with Gasteiger partial charge in [0.05, 0.1) is 11.6 Å². The number of hydrogen-bond acceptors (Lipinski definition) is 4. The Labute approximate surface area is 153 Å².